The van der Waals surface area contributed by atoms with Gasteiger partial charge in [-0.3, -0.25) is 4.98 Å². The van der Waals surface area contributed by atoms with Gasteiger partial charge in [-0.05, 0) is 19.1 Å². The van der Waals surface area contributed by atoms with Gasteiger partial charge in [0.15, 0.2) is 5.82 Å². The smallest absolute Gasteiger partial charge is 0.151 e. The third kappa shape index (κ3) is 2.88. The summed E-state index contributed by atoms with van der Waals surface area (Å²) in [6, 6.07) is 7.74. The minimum atomic E-state index is 0.626. The molecule has 0 radical (unpaired) electrons. The number of nitrogens with zero attached hydrogens (tertiary/aromatic N) is 2. The van der Waals surface area contributed by atoms with Gasteiger partial charge in [0.2, 0.25) is 0 Å². The van der Waals surface area contributed by atoms with Crippen LogP contribution in [0.3, 0.4) is 0 Å². The highest BCUT2D eigenvalue weighted by Crippen LogP contribution is 2.26. The van der Waals surface area contributed by atoms with Crippen molar-refractivity contribution in [3.8, 4) is 5.75 Å². The molecule has 2 rings (SSSR count). The molecule has 18 heavy (non-hydrogen) atoms. The zero-order chi connectivity index (χ0) is 12.8. The second kappa shape index (κ2) is 5.86. The van der Waals surface area contributed by atoms with Crippen LogP contribution in [0, 0.1) is 0 Å². The zero-order valence-electron chi connectivity index (χ0n) is 10.5. The van der Waals surface area contributed by atoms with Crippen molar-refractivity contribution in [3.63, 3.8) is 0 Å². The van der Waals surface area contributed by atoms with Crippen molar-refractivity contribution in [1.82, 2.24) is 9.97 Å². The maximum atomic E-state index is 5.54. The van der Waals surface area contributed by atoms with Crippen molar-refractivity contribution in [1.29, 1.82) is 0 Å². The molecule has 0 saturated heterocycles. The molecule has 2 aromatic rings. The number of aromatic nitrogens is 2. The lowest BCUT2D eigenvalue weighted by Crippen LogP contribution is -2.01. The summed E-state index contributed by atoms with van der Waals surface area (Å²) in [5.74, 6) is 2.19. The fourth-order valence-corrected chi connectivity index (χ4v) is 1.54. The van der Waals surface area contributed by atoms with E-state index >= 15 is 0 Å². The van der Waals surface area contributed by atoms with Crippen LogP contribution in [0.1, 0.15) is 6.92 Å². The van der Waals surface area contributed by atoms with E-state index < -0.39 is 0 Å². The fourth-order valence-electron chi connectivity index (χ4n) is 1.54. The number of hydrogen-bond donors (Lipinski definition) is 2. The van der Waals surface area contributed by atoms with Crippen molar-refractivity contribution in [2.24, 2.45) is 0 Å². The van der Waals surface area contributed by atoms with Gasteiger partial charge in [0.25, 0.3) is 0 Å². The molecule has 0 amide bonds. The number of rotatable bonds is 5. The number of ether oxygens (including phenoxy) is 1. The van der Waals surface area contributed by atoms with Gasteiger partial charge in [-0.15, -0.1) is 0 Å². The van der Waals surface area contributed by atoms with E-state index in [9.17, 15) is 0 Å². The van der Waals surface area contributed by atoms with Crippen molar-refractivity contribution in [2.75, 3.05) is 24.3 Å². The highest BCUT2D eigenvalue weighted by atomic mass is 16.5. The summed E-state index contributed by atoms with van der Waals surface area (Å²) in [6.07, 6.45) is 3.34. The number of anilines is 3. The molecule has 0 fully saturated rings. The van der Waals surface area contributed by atoms with Gasteiger partial charge in [0.1, 0.15) is 11.6 Å². The van der Waals surface area contributed by atoms with E-state index in [1.165, 1.54) is 0 Å². The molecule has 1 heterocycles. The van der Waals surface area contributed by atoms with Crippen LogP contribution in [0.2, 0.25) is 0 Å². The molecule has 0 saturated carbocycles. The molecule has 2 N–H and O–H groups in total. The van der Waals surface area contributed by atoms with Crippen LogP contribution >= 0.6 is 0 Å². The summed E-state index contributed by atoms with van der Waals surface area (Å²) in [5.41, 5.74) is 0.877. The molecule has 0 spiro atoms. The van der Waals surface area contributed by atoms with Crippen molar-refractivity contribution in [2.45, 2.75) is 6.92 Å². The quantitative estimate of drug-likeness (QED) is 0.846. The lowest BCUT2D eigenvalue weighted by Gasteiger charge is -2.11. The van der Waals surface area contributed by atoms with Crippen LogP contribution in [-0.2, 0) is 0 Å². The fraction of sp³-hybridized carbons (Fsp3) is 0.231. The monoisotopic (exact) mass is 244 g/mol. The number of para-hydroxylation sites is 2. The van der Waals surface area contributed by atoms with E-state index in [0.29, 0.717) is 18.2 Å². The van der Waals surface area contributed by atoms with E-state index in [1.807, 2.05) is 38.2 Å². The minimum absolute atomic E-state index is 0.626. The Morgan fingerprint density at radius 2 is 1.94 bits per heavy atom. The first kappa shape index (κ1) is 12.2. The Morgan fingerprint density at radius 1 is 1.17 bits per heavy atom. The third-order valence-electron chi connectivity index (χ3n) is 2.34. The first-order valence-electron chi connectivity index (χ1n) is 5.82. The maximum Gasteiger partial charge on any atom is 0.151 e. The Labute approximate surface area is 106 Å². The van der Waals surface area contributed by atoms with Crippen molar-refractivity contribution in [3.05, 3.63) is 36.7 Å². The van der Waals surface area contributed by atoms with Crippen LogP contribution in [0.15, 0.2) is 36.7 Å². The third-order valence-corrected chi connectivity index (χ3v) is 2.34. The van der Waals surface area contributed by atoms with Gasteiger partial charge in [-0.2, -0.15) is 0 Å². The Hall–Kier alpha value is -2.30. The lowest BCUT2D eigenvalue weighted by atomic mass is 10.3. The van der Waals surface area contributed by atoms with Gasteiger partial charge in [-0.25, -0.2) is 4.98 Å². The van der Waals surface area contributed by atoms with Crippen LogP contribution in [0.25, 0.3) is 0 Å². The van der Waals surface area contributed by atoms with Crippen molar-refractivity contribution >= 4 is 17.3 Å². The minimum Gasteiger partial charge on any atom is -0.492 e. The average Bonchev–Trinajstić information content (AvgIpc) is 2.41. The van der Waals surface area contributed by atoms with Gasteiger partial charge in [-0.1, -0.05) is 12.1 Å². The summed E-state index contributed by atoms with van der Waals surface area (Å²) < 4.78 is 5.54. The Morgan fingerprint density at radius 3 is 2.72 bits per heavy atom. The normalized spacial score (nSPS) is 9.89. The molecule has 0 aliphatic heterocycles. The molecule has 0 aliphatic carbocycles. The van der Waals surface area contributed by atoms with E-state index in [2.05, 4.69) is 20.6 Å². The molecule has 0 bridgehead atoms. The van der Waals surface area contributed by atoms with Crippen LogP contribution < -0.4 is 15.4 Å². The van der Waals surface area contributed by atoms with Crippen LogP contribution in [-0.4, -0.2) is 23.6 Å². The van der Waals surface area contributed by atoms with Gasteiger partial charge >= 0.3 is 0 Å². The van der Waals surface area contributed by atoms with Crippen molar-refractivity contribution < 1.29 is 4.74 Å². The molecule has 0 atom stereocenters. The Bertz CT molecular complexity index is 516. The molecule has 0 aliphatic rings. The van der Waals surface area contributed by atoms with Gasteiger partial charge in [0.05, 0.1) is 24.7 Å². The molecule has 5 nitrogen and oxygen atoms in total. The summed E-state index contributed by atoms with van der Waals surface area (Å²) in [4.78, 5) is 8.45. The summed E-state index contributed by atoms with van der Waals surface area (Å²) in [6.45, 7) is 2.58. The first-order valence-corrected chi connectivity index (χ1v) is 5.82. The Balaban J connectivity index is 2.22. The van der Waals surface area contributed by atoms with Gasteiger partial charge in [0, 0.05) is 7.05 Å². The number of nitrogens with one attached hydrogen (secondary N) is 2. The van der Waals surface area contributed by atoms with E-state index in [4.69, 9.17) is 4.74 Å². The molecule has 5 heteroatoms. The molecule has 1 aromatic carbocycles. The first-order chi connectivity index (χ1) is 8.83. The number of hydrogen-bond acceptors (Lipinski definition) is 5. The largest absolute Gasteiger partial charge is 0.492 e. The predicted molar refractivity (Wildman–Crippen MR) is 72.5 cm³/mol. The second-order valence-electron chi connectivity index (χ2n) is 3.59. The summed E-state index contributed by atoms with van der Waals surface area (Å²) in [5, 5.41) is 6.14. The zero-order valence-corrected chi connectivity index (χ0v) is 10.5. The number of benzene rings is 1. The van der Waals surface area contributed by atoms with E-state index in [0.717, 1.165) is 11.4 Å². The standard InChI is InChI=1S/C13H16N4O/c1-3-18-11-7-5-4-6-10(11)16-13-9-15-8-12(14-2)17-13/h4-9H,3H2,1-2H3,(H2,14,16,17). The van der Waals surface area contributed by atoms with Crippen LogP contribution in [0.4, 0.5) is 17.3 Å². The van der Waals surface area contributed by atoms with Crippen LogP contribution in [0.5, 0.6) is 5.75 Å². The average molecular weight is 244 g/mol. The summed E-state index contributed by atoms with van der Waals surface area (Å²) >= 11 is 0. The molecular weight excluding hydrogens is 228 g/mol. The highest BCUT2D eigenvalue weighted by molar-refractivity contribution is 5.64. The highest BCUT2D eigenvalue weighted by Gasteiger charge is 2.04. The second-order valence-corrected chi connectivity index (χ2v) is 3.59. The molecule has 94 valence electrons. The summed E-state index contributed by atoms with van der Waals surface area (Å²) in [7, 11) is 1.81. The van der Waals surface area contributed by atoms with Gasteiger partial charge < -0.3 is 15.4 Å². The maximum absolute atomic E-state index is 5.54. The molecule has 1 aromatic heterocycles. The van der Waals surface area contributed by atoms with E-state index in [1.54, 1.807) is 12.4 Å². The lowest BCUT2D eigenvalue weighted by molar-refractivity contribution is 0.342. The predicted octanol–water partition coefficient (Wildman–Crippen LogP) is 2.66. The molecular formula is C13H16N4O. The van der Waals surface area contributed by atoms with E-state index in [-0.39, 0.29) is 0 Å². The SMILES string of the molecule is CCOc1ccccc1Nc1cncc(NC)n1. The topological polar surface area (TPSA) is 59.1 Å². The molecule has 0 unspecified atom stereocenters. The Kier molecular flexibility index (Phi) is 3.96.